The average molecular weight is 413 g/mol. The lowest BCUT2D eigenvalue weighted by Gasteiger charge is -2.35. The number of rotatable bonds is 4. The third kappa shape index (κ3) is 4.04. The zero-order valence-corrected chi connectivity index (χ0v) is 17.1. The van der Waals surface area contributed by atoms with E-state index in [0.717, 1.165) is 24.7 Å². The summed E-state index contributed by atoms with van der Waals surface area (Å²) in [4.78, 5) is 13.3. The van der Waals surface area contributed by atoms with Gasteiger partial charge in [0.2, 0.25) is 10.0 Å². The first-order chi connectivity index (χ1) is 14.1. The predicted octanol–water partition coefficient (Wildman–Crippen LogP) is 1.85. The fourth-order valence-corrected chi connectivity index (χ4v) is 5.45. The largest absolute Gasteiger partial charge is 0.356 e. The van der Waals surface area contributed by atoms with Crippen molar-refractivity contribution < 1.29 is 8.42 Å². The zero-order chi connectivity index (χ0) is 20.3. The van der Waals surface area contributed by atoms with Gasteiger partial charge >= 0.3 is 0 Å². The molecule has 4 rings (SSSR count). The van der Waals surface area contributed by atoms with Crippen LogP contribution in [0.3, 0.4) is 0 Å². The Balaban J connectivity index is 1.46. The molecule has 1 aromatic carbocycles. The molecule has 29 heavy (non-hydrogen) atoms. The van der Waals surface area contributed by atoms with E-state index in [1.165, 1.54) is 35.7 Å². The molecule has 0 amide bonds. The maximum absolute atomic E-state index is 13.0. The second-order valence-electron chi connectivity index (χ2n) is 7.28. The average Bonchev–Trinajstić information content (AvgIpc) is 2.80. The molecular weight excluding hydrogens is 388 g/mol. The van der Waals surface area contributed by atoms with E-state index in [9.17, 15) is 13.7 Å². The number of piperazine rings is 1. The van der Waals surface area contributed by atoms with Gasteiger partial charge in [-0.3, -0.25) is 0 Å². The lowest BCUT2D eigenvalue weighted by molar-refractivity contribution is 0.383. The Morgan fingerprint density at radius 1 is 0.862 bits per heavy atom. The monoisotopic (exact) mass is 412 g/mol. The molecule has 0 unspecified atom stereocenters. The number of nitrogens with zero attached hydrogens (tertiary/aromatic N) is 6. The van der Waals surface area contributed by atoms with Crippen molar-refractivity contribution in [3.05, 3.63) is 42.2 Å². The minimum atomic E-state index is -3.69. The Hall–Kier alpha value is -2.70. The smallest absolute Gasteiger partial charge is 0.244 e. The number of sulfonamides is 1. The summed E-state index contributed by atoms with van der Waals surface area (Å²) in [5, 5.41) is 9.24. The van der Waals surface area contributed by atoms with E-state index in [-0.39, 0.29) is 10.5 Å². The summed E-state index contributed by atoms with van der Waals surface area (Å²) in [5.41, 5.74) is 0.178. The van der Waals surface area contributed by atoms with E-state index in [4.69, 9.17) is 0 Å². The van der Waals surface area contributed by atoms with Gasteiger partial charge in [0.05, 0.1) is 10.5 Å². The van der Waals surface area contributed by atoms with Gasteiger partial charge in [-0.05, 0) is 31.4 Å². The molecule has 3 heterocycles. The highest BCUT2D eigenvalue weighted by Gasteiger charge is 2.30. The molecule has 0 radical (unpaired) electrons. The van der Waals surface area contributed by atoms with Gasteiger partial charge in [0.1, 0.15) is 24.0 Å². The number of hydrogen-bond donors (Lipinski definition) is 0. The van der Waals surface area contributed by atoms with Gasteiger partial charge in [-0.1, -0.05) is 12.1 Å². The molecule has 0 aliphatic carbocycles. The van der Waals surface area contributed by atoms with Crippen LogP contribution in [0, 0.1) is 11.3 Å². The number of nitriles is 1. The summed E-state index contributed by atoms with van der Waals surface area (Å²) in [6, 6.07) is 10.3. The fourth-order valence-electron chi connectivity index (χ4n) is 3.89. The van der Waals surface area contributed by atoms with E-state index < -0.39 is 10.0 Å². The maximum atomic E-state index is 13.0. The van der Waals surface area contributed by atoms with Crippen LogP contribution in [0.4, 0.5) is 11.6 Å². The molecule has 2 saturated heterocycles. The Morgan fingerprint density at radius 3 is 2.14 bits per heavy atom. The Labute approximate surface area is 171 Å². The number of aromatic nitrogens is 2. The highest BCUT2D eigenvalue weighted by atomic mass is 32.2. The van der Waals surface area contributed by atoms with Crippen molar-refractivity contribution in [3.63, 3.8) is 0 Å². The highest BCUT2D eigenvalue weighted by molar-refractivity contribution is 7.89. The van der Waals surface area contributed by atoms with Crippen LogP contribution in [-0.2, 0) is 10.0 Å². The minimum absolute atomic E-state index is 0.0744. The SMILES string of the molecule is N#Cc1ccccc1S(=O)(=O)N1CCN(c2cc(N3CCCCC3)ncn2)CC1. The van der Waals surface area contributed by atoms with Crippen LogP contribution in [-0.4, -0.2) is 62.0 Å². The summed E-state index contributed by atoms with van der Waals surface area (Å²) in [6.45, 7) is 3.83. The number of piperidine rings is 1. The molecule has 2 aliphatic rings. The maximum Gasteiger partial charge on any atom is 0.244 e. The van der Waals surface area contributed by atoms with Crippen LogP contribution < -0.4 is 9.80 Å². The van der Waals surface area contributed by atoms with Crippen LogP contribution in [0.25, 0.3) is 0 Å². The molecule has 8 nitrogen and oxygen atoms in total. The molecule has 0 saturated carbocycles. The third-order valence-electron chi connectivity index (χ3n) is 5.51. The van der Waals surface area contributed by atoms with Crippen molar-refractivity contribution in [2.45, 2.75) is 24.2 Å². The lowest BCUT2D eigenvalue weighted by Crippen LogP contribution is -2.49. The fraction of sp³-hybridized carbons (Fsp3) is 0.450. The third-order valence-corrected chi connectivity index (χ3v) is 7.46. The van der Waals surface area contributed by atoms with Gasteiger partial charge in [-0.25, -0.2) is 18.4 Å². The number of benzene rings is 1. The van der Waals surface area contributed by atoms with Crippen molar-refractivity contribution in [3.8, 4) is 6.07 Å². The van der Waals surface area contributed by atoms with Crippen LogP contribution in [0.5, 0.6) is 0 Å². The molecule has 2 aliphatic heterocycles. The number of hydrogen-bond acceptors (Lipinski definition) is 7. The van der Waals surface area contributed by atoms with Crippen molar-refractivity contribution in [2.24, 2.45) is 0 Å². The summed E-state index contributed by atoms with van der Waals surface area (Å²) in [5.74, 6) is 1.77. The van der Waals surface area contributed by atoms with E-state index in [1.54, 1.807) is 18.5 Å². The topological polar surface area (TPSA) is 93.4 Å². The van der Waals surface area contributed by atoms with Gasteiger partial charge in [0, 0.05) is 45.3 Å². The van der Waals surface area contributed by atoms with Crippen molar-refractivity contribution >= 4 is 21.7 Å². The van der Waals surface area contributed by atoms with Gasteiger partial charge in [-0.2, -0.15) is 9.57 Å². The molecule has 0 N–H and O–H groups in total. The van der Waals surface area contributed by atoms with E-state index in [2.05, 4.69) is 19.8 Å². The predicted molar refractivity (Wildman–Crippen MR) is 110 cm³/mol. The second kappa shape index (κ2) is 8.35. The van der Waals surface area contributed by atoms with E-state index in [0.29, 0.717) is 26.2 Å². The van der Waals surface area contributed by atoms with Crippen LogP contribution in [0.1, 0.15) is 24.8 Å². The molecule has 9 heteroatoms. The highest BCUT2D eigenvalue weighted by Crippen LogP contribution is 2.24. The molecule has 2 fully saturated rings. The zero-order valence-electron chi connectivity index (χ0n) is 16.2. The summed E-state index contributed by atoms with van der Waals surface area (Å²) >= 11 is 0. The van der Waals surface area contributed by atoms with Crippen molar-refractivity contribution in [2.75, 3.05) is 49.1 Å². The van der Waals surface area contributed by atoms with Gasteiger partial charge in [0.25, 0.3) is 0 Å². The molecule has 0 bridgehead atoms. The Bertz CT molecular complexity index is 1010. The van der Waals surface area contributed by atoms with Crippen LogP contribution >= 0.6 is 0 Å². The first-order valence-electron chi connectivity index (χ1n) is 9.91. The molecular formula is C20H24N6O2S. The number of anilines is 2. The van der Waals surface area contributed by atoms with Crippen molar-refractivity contribution in [1.82, 2.24) is 14.3 Å². The minimum Gasteiger partial charge on any atom is -0.356 e. The molecule has 2 aromatic rings. The Morgan fingerprint density at radius 2 is 1.48 bits per heavy atom. The van der Waals surface area contributed by atoms with Gasteiger partial charge in [-0.15, -0.1) is 0 Å². The Kier molecular flexibility index (Phi) is 5.65. The summed E-state index contributed by atoms with van der Waals surface area (Å²) in [6.07, 6.45) is 5.21. The first kappa shape index (κ1) is 19.6. The molecule has 1 aromatic heterocycles. The molecule has 152 valence electrons. The van der Waals surface area contributed by atoms with E-state index in [1.807, 2.05) is 12.1 Å². The van der Waals surface area contributed by atoms with Crippen molar-refractivity contribution in [1.29, 1.82) is 5.26 Å². The van der Waals surface area contributed by atoms with Gasteiger partial charge in [0.15, 0.2) is 0 Å². The lowest BCUT2D eigenvalue weighted by atomic mass is 10.1. The van der Waals surface area contributed by atoms with Gasteiger partial charge < -0.3 is 9.80 Å². The van der Waals surface area contributed by atoms with Crippen LogP contribution in [0.2, 0.25) is 0 Å². The normalized spacial score (nSPS) is 18.4. The van der Waals surface area contributed by atoms with Crippen LogP contribution in [0.15, 0.2) is 41.6 Å². The quantitative estimate of drug-likeness (QED) is 0.756. The summed E-state index contributed by atoms with van der Waals surface area (Å²) < 4.78 is 27.4. The molecule has 0 spiro atoms. The van der Waals surface area contributed by atoms with E-state index >= 15 is 0 Å². The summed E-state index contributed by atoms with van der Waals surface area (Å²) in [7, 11) is -3.69. The molecule has 0 atom stereocenters. The second-order valence-corrected chi connectivity index (χ2v) is 9.19. The standard InChI is InChI=1S/C20H24N6O2S/c21-15-17-6-2-3-7-18(17)29(27,28)26-12-10-25(11-13-26)20-14-19(22-16-23-20)24-8-4-1-5-9-24/h2-3,6-7,14,16H,1,4-5,8-13H2. The first-order valence-corrected chi connectivity index (χ1v) is 11.3.